The van der Waals surface area contributed by atoms with Crippen LogP contribution >= 0.6 is 0 Å². The molecular formula is C20H23NO4. The summed E-state index contributed by atoms with van der Waals surface area (Å²) in [7, 11) is 4.78. The molecule has 0 atom stereocenters. The highest BCUT2D eigenvalue weighted by Gasteiger charge is 2.10. The molecule has 1 N–H and O–H groups in total. The number of hydrogen-bond acceptors (Lipinski definition) is 4. The van der Waals surface area contributed by atoms with E-state index in [0.29, 0.717) is 30.0 Å². The maximum absolute atomic E-state index is 12.4. The molecule has 0 spiro atoms. The summed E-state index contributed by atoms with van der Waals surface area (Å²) in [6.45, 7) is 4.12. The number of amides is 1. The summed E-state index contributed by atoms with van der Waals surface area (Å²) >= 11 is 0. The van der Waals surface area contributed by atoms with E-state index in [1.165, 1.54) is 0 Å². The number of benzene rings is 2. The van der Waals surface area contributed by atoms with Crippen LogP contribution in [0.3, 0.4) is 0 Å². The molecule has 0 heterocycles. The fraction of sp³-hybridized carbons (Fsp3) is 0.250. The van der Waals surface area contributed by atoms with Gasteiger partial charge in [0.25, 0.3) is 5.91 Å². The van der Waals surface area contributed by atoms with Crippen LogP contribution in [-0.4, -0.2) is 27.2 Å². The van der Waals surface area contributed by atoms with Gasteiger partial charge in [-0.3, -0.25) is 4.79 Å². The predicted octanol–water partition coefficient (Wildman–Crippen LogP) is 3.37. The van der Waals surface area contributed by atoms with Crippen molar-refractivity contribution < 1.29 is 19.0 Å². The molecule has 0 aromatic heterocycles. The number of ether oxygens (including phenoxy) is 3. The van der Waals surface area contributed by atoms with Crippen LogP contribution in [0.15, 0.2) is 49.1 Å². The Morgan fingerprint density at radius 3 is 2.32 bits per heavy atom. The number of nitrogens with one attached hydrogen (secondary N) is 1. The van der Waals surface area contributed by atoms with Crippen molar-refractivity contribution in [2.45, 2.75) is 13.0 Å². The van der Waals surface area contributed by atoms with Gasteiger partial charge in [0.1, 0.15) is 5.75 Å². The second kappa shape index (κ2) is 8.78. The quantitative estimate of drug-likeness (QED) is 0.748. The first-order valence-corrected chi connectivity index (χ1v) is 7.89. The highest BCUT2D eigenvalue weighted by Crippen LogP contribution is 2.27. The maximum Gasteiger partial charge on any atom is 0.251 e. The lowest BCUT2D eigenvalue weighted by molar-refractivity contribution is 0.0950. The fourth-order valence-corrected chi connectivity index (χ4v) is 2.51. The standard InChI is InChI=1S/C20H23NO4/c1-5-6-15-12-16(8-10-17(15)23-2)20(22)21-13-14-7-9-18(24-3)19(11-14)25-4/h5,7-12H,1,6,13H2,2-4H3,(H,21,22). The van der Waals surface area contributed by atoms with Crippen LogP contribution in [-0.2, 0) is 13.0 Å². The molecule has 0 saturated heterocycles. The van der Waals surface area contributed by atoms with Crippen LogP contribution < -0.4 is 19.5 Å². The van der Waals surface area contributed by atoms with E-state index in [-0.39, 0.29) is 5.91 Å². The first kappa shape index (κ1) is 18.4. The number of carbonyl (C=O) groups excluding carboxylic acids is 1. The molecule has 0 aliphatic heterocycles. The molecule has 0 aliphatic carbocycles. The van der Waals surface area contributed by atoms with E-state index >= 15 is 0 Å². The van der Waals surface area contributed by atoms with E-state index in [9.17, 15) is 4.79 Å². The molecule has 5 heteroatoms. The van der Waals surface area contributed by atoms with Crippen molar-refractivity contribution in [2.24, 2.45) is 0 Å². The molecule has 2 aromatic rings. The minimum Gasteiger partial charge on any atom is -0.496 e. The normalized spacial score (nSPS) is 10.0. The van der Waals surface area contributed by atoms with Gasteiger partial charge in [-0.15, -0.1) is 6.58 Å². The summed E-state index contributed by atoms with van der Waals surface area (Å²) in [6, 6.07) is 10.9. The number of carbonyl (C=O) groups is 1. The predicted molar refractivity (Wildman–Crippen MR) is 97.6 cm³/mol. The third kappa shape index (κ3) is 4.53. The monoisotopic (exact) mass is 341 g/mol. The van der Waals surface area contributed by atoms with Crippen LogP contribution in [0, 0.1) is 0 Å². The Morgan fingerprint density at radius 1 is 1.00 bits per heavy atom. The topological polar surface area (TPSA) is 56.8 Å². The van der Waals surface area contributed by atoms with Crippen molar-refractivity contribution in [3.05, 3.63) is 65.7 Å². The lowest BCUT2D eigenvalue weighted by Crippen LogP contribution is -2.23. The summed E-state index contributed by atoms with van der Waals surface area (Å²) in [6.07, 6.45) is 2.42. The molecule has 2 aromatic carbocycles. The summed E-state index contributed by atoms with van der Waals surface area (Å²) < 4.78 is 15.8. The SMILES string of the molecule is C=CCc1cc(C(=O)NCc2ccc(OC)c(OC)c2)ccc1OC. The largest absolute Gasteiger partial charge is 0.496 e. The number of methoxy groups -OCH3 is 3. The van der Waals surface area contributed by atoms with E-state index in [1.54, 1.807) is 39.5 Å². The van der Waals surface area contributed by atoms with Crippen LogP contribution in [0.1, 0.15) is 21.5 Å². The molecular weight excluding hydrogens is 318 g/mol. The first-order chi connectivity index (χ1) is 12.1. The Balaban J connectivity index is 2.10. The average Bonchev–Trinajstić information content (AvgIpc) is 2.65. The molecule has 1 amide bonds. The molecule has 25 heavy (non-hydrogen) atoms. The van der Waals surface area contributed by atoms with Crippen molar-refractivity contribution in [1.82, 2.24) is 5.32 Å². The van der Waals surface area contributed by atoms with Crippen LogP contribution in [0.25, 0.3) is 0 Å². The van der Waals surface area contributed by atoms with Gasteiger partial charge in [-0.1, -0.05) is 12.1 Å². The van der Waals surface area contributed by atoms with E-state index < -0.39 is 0 Å². The summed E-state index contributed by atoms with van der Waals surface area (Å²) in [4.78, 5) is 12.4. The second-order valence-corrected chi connectivity index (χ2v) is 5.39. The zero-order valence-corrected chi connectivity index (χ0v) is 14.8. The molecule has 5 nitrogen and oxygen atoms in total. The van der Waals surface area contributed by atoms with Crippen molar-refractivity contribution >= 4 is 5.91 Å². The molecule has 0 aliphatic rings. The highest BCUT2D eigenvalue weighted by molar-refractivity contribution is 5.94. The molecule has 0 fully saturated rings. The van der Waals surface area contributed by atoms with Gasteiger partial charge in [-0.05, 0) is 47.9 Å². The molecule has 0 saturated carbocycles. The van der Waals surface area contributed by atoms with Crippen molar-refractivity contribution in [2.75, 3.05) is 21.3 Å². The van der Waals surface area contributed by atoms with Gasteiger partial charge in [-0.25, -0.2) is 0 Å². The van der Waals surface area contributed by atoms with Gasteiger partial charge in [0.2, 0.25) is 0 Å². The van der Waals surface area contributed by atoms with E-state index in [2.05, 4.69) is 11.9 Å². The smallest absolute Gasteiger partial charge is 0.251 e. The zero-order valence-electron chi connectivity index (χ0n) is 14.8. The minimum absolute atomic E-state index is 0.150. The van der Waals surface area contributed by atoms with E-state index in [0.717, 1.165) is 16.9 Å². The molecule has 132 valence electrons. The average molecular weight is 341 g/mol. The van der Waals surface area contributed by atoms with Gasteiger partial charge < -0.3 is 19.5 Å². The molecule has 0 radical (unpaired) electrons. The van der Waals surface area contributed by atoms with Crippen molar-refractivity contribution in [3.63, 3.8) is 0 Å². The van der Waals surface area contributed by atoms with Crippen LogP contribution in [0.5, 0.6) is 17.2 Å². The Labute approximate surface area is 148 Å². The third-order valence-corrected chi connectivity index (χ3v) is 3.81. The van der Waals surface area contributed by atoms with Gasteiger partial charge in [0, 0.05) is 12.1 Å². The lowest BCUT2D eigenvalue weighted by Gasteiger charge is -2.12. The molecule has 2 rings (SSSR count). The van der Waals surface area contributed by atoms with Crippen molar-refractivity contribution in [1.29, 1.82) is 0 Å². The Hall–Kier alpha value is -2.95. The summed E-state index contributed by atoms with van der Waals surface area (Å²) in [5, 5.41) is 2.91. The highest BCUT2D eigenvalue weighted by atomic mass is 16.5. The second-order valence-electron chi connectivity index (χ2n) is 5.39. The Kier molecular flexibility index (Phi) is 6.46. The number of hydrogen-bond donors (Lipinski definition) is 1. The maximum atomic E-state index is 12.4. The Bertz CT molecular complexity index is 755. The van der Waals surface area contributed by atoms with Gasteiger partial charge in [0.05, 0.1) is 21.3 Å². The fourth-order valence-electron chi connectivity index (χ4n) is 2.51. The number of rotatable bonds is 8. The van der Waals surface area contributed by atoms with Crippen LogP contribution in [0.2, 0.25) is 0 Å². The van der Waals surface area contributed by atoms with Crippen molar-refractivity contribution in [3.8, 4) is 17.2 Å². The molecule has 0 unspecified atom stereocenters. The van der Waals surface area contributed by atoms with Gasteiger partial charge >= 0.3 is 0 Å². The Morgan fingerprint density at radius 2 is 1.68 bits per heavy atom. The van der Waals surface area contributed by atoms with E-state index in [1.807, 2.05) is 24.3 Å². The van der Waals surface area contributed by atoms with Crippen LogP contribution in [0.4, 0.5) is 0 Å². The minimum atomic E-state index is -0.150. The van der Waals surface area contributed by atoms with E-state index in [4.69, 9.17) is 14.2 Å². The van der Waals surface area contributed by atoms with Gasteiger partial charge in [0.15, 0.2) is 11.5 Å². The molecule has 0 bridgehead atoms. The zero-order chi connectivity index (χ0) is 18.2. The summed E-state index contributed by atoms with van der Waals surface area (Å²) in [5.41, 5.74) is 2.43. The number of allylic oxidation sites excluding steroid dienone is 1. The third-order valence-electron chi connectivity index (χ3n) is 3.81. The lowest BCUT2D eigenvalue weighted by atomic mass is 10.1. The first-order valence-electron chi connectivity index (χ1n) is 7.89. The van der Waals surface area contributed by atoms with Gasteiger partial charge in [-0.2, -0.15) is 0 Å². The summed E-state index contributed by atoms with van der Waals surface area (Å²) in [5.74, 6) is 1.88.